The van der Waals surface area contributed by atoms with Gasteiger partial charge in [0, 0.05) is 25.1 Å². The molecule has 24 heavy (non-hydrogen) atoms. The van der Waals surface area contributed by atoms with Crippen molar-refractivity contribution in [3.05, 3.63) is 58.8 Å². The van der Waals surface area contributed by atoms with E-state index < -0.39 is 5.97 Å². The van der Waals surface area contributed by atoms with Gasteiger partial charge in [-0.3, -0.25) is 4.79 Å². The molecule has 0 spiro atoms. The van der Waals surface area contributed by atoms with E-state index >= 15 is 0 Å². The number of furan rings is 1. The second-order valence-electron chi connectivity index (χ2n) is 5.90. The zero-order valence-electron chi connectivity index (χ0n) is 13.3. The Morgan fingerprint density at radius 1 is 1.33 bits per heavy atom. The third-order valence-electron chi connectivity index (χ3n) is 4.06. The fourth-order valence-electron chi connectivity index (χ4n) is 2.70. The SMILES string of the molecule is CCc1oc(C(=O)N(Cc2cccc(F)c2)C2CC2)cc1C(=O)O. The lowest BCUT2D eigenvalue weighted by Gasteiger charge is -2.21. The Morgan fingerprint density at radius 3 is 2.62 bits per heavy atom. The molecule has 5 nitrogen and oxygen atoms in total. The minimum atomic E-state index is -1.11. The van der Waals surface area contributed by atoms with Crippen molar-refractivity contribution in [3.63, 3.8) is 0 Å². The van der Waals surface area contributed by atoms with Crippen LogP contribution in [0.5, 0.6) is 0 Å². The number of amides is 1. The molecule has 2 aromatic rings. The summed E-state index contributed by atoms with van der Waals surface area (Å²) >= 11 is 0. The minimum absolute atomic E-state index is 0.0161. The highest BCUT2D eigenvalue weighted by Crippen LogP contribution is 2.31. The molecule has 0 bridgehead atoms. The molecule has 1 amide bonds. The van der Waals surface area contributed by atoms with E-state index in [1.54, 1.807) is 24.0 Å². The standard InChI is InChI=1S/C18H18FNO4/c1-2-15-14(18(22)23)9-16(24-15)17(21)20(13-6-7-13)10-11-4-3-5-12(19)8-11/h3-5,8-9,13H,2,6-7,10H2,1H3,(H,22,23). The summed E-state index contributed by atoms with van der Waals surface area (Å²) in [7, 11) is 0. The molecule has 0 saturated heterocycles. The van der Waals surface area contributed by atoms with Crippen LogP contribution in [0.25, 0.3) is 0 Å². The lowest BCUT2D eigenvalue weighted by Crippen LogP contribution is -2.32. The number of rotatable bonds is 6. The van der Waals surface area contributed by atoms with Crippen molar-refractivity contribution >= 4 is 11.9 Å². The molecule has 1 aromatic carbocycles. The van der Waals surface area contributed by atoms with E-state index in [2.05, 4.69) is 0 Å². The van der Waals surface area contributed by atoms with Crippen LogP contribution in [0.4, 0.5) is 4.39 Å². The first-order valence-corrected chi connectivity index (χ1v) is 7.91. The predicted octanol–water partition coefficient (Wildman–Crippen LogP) is 3.48. The molecule has 0 unspecified atom stereocenters. The number of benzene rings is 1. The molecule has 0 radical (unpaired) electrons. The summed E-state index contributed by atoms with van der Waals surface area (Å²) in [4.78, 5) is 25.6. The molecule has 1 N–H and O–H groups in total. The lowest BCUT2D eigenvalue weighted by molar-refractivity contribution is 0.0684. The molecule has 1 fully saturated rings. The van der Waals surface area contributed by atoms with Crippen LogP contribution in [0, 0.1) is 5.82 Å². The van der Waals surface area contributed by atoms with Gasteiger partial charge in [-0.2, -0.15) is 0 Å². The van der Waals surface area contributed by atoms with E-state index in [-0.39, 0.29) is 41.4 Å². The van der Waals surface area contributed by atoms with Gasteiger partial charge < -0.3 is 14.4 Å². The van der Waals surface area contributed by atoms with E-state index in [4.69, 9.17) is 4.42 Å². The number of aryl methyl sites for hydroxylation is 1. The Labute approximate surface area is 138 Å². The van der Waals surface area contributed by atoms with Crippen molar-refractivity contribution in [2.75, 3.05) is 0 Å². The van der Waals surface area contributed by atoms with Crippen molar-refractivity contribution in [3.8, 4) is 0 Å². The fourth-order valence-corrected chi connectivity index (χ4v) is 2.70. The van der Waals surface area contributed by atoms with Crippen molar-refractivity contribution in [2.45, 2.75) is 38.8 Å². The zero-order chi connectivity index (χ0) is 17.3. The quantitative estimate of drug-likeness (QED) is 0.879. The number of carbonyl (C=O) groups is 2. The van der Waals surface area contributed by atoms with Gasteiger partial charge in [-0.1, -0.05) is 19.1 Å². The molecule has 126 valence electrons. The number of carboxylic acids is 1. The molecule has 1 saturated carbocycles. The maximum absolute atomic E-state index is 13.4. The molecule has 6 heteroatoms. The number of halogens is 1. The highest BCUT2D eigenvalue weighted by atomic mass is 19.1. The van der Waals surface area contributed by atoms with Gasteiger partial charge in [0.2, 0.25) is 0 Å². The van der Waals surface area contributed by atoms with Crippen LogP contribution in [-0.4, -0.2) is 27.9 Å². The van der Waals surface area contributed by atoms with E-state index in [1.807, 2.05) is 0 Å². The first kappa shape index (κ1) is 16.2. The van der Waals surface area contributed by atoms with Crippen LogP contribution < -0.4 is 0 Å². The van der Waals surface area contributed by atoms with Gasteiger partial charge in [0.15, 0.2) is 5.76 Å². The first-order valence-electron chi connectivity index (χ1n) is 7.91. The van der Waals surface area contributed by atoms with E-state index in [0.29, 0.717) is 12.0 Å². The van der Waals surface area contributed by atoms with Gasteiger partial charge in [0.05, 0.1) is 0 Å². The number of carboxylic acid groups (broad SMARTS) is 1. The molecule has 1 aliphatic rings. The number of nitrogens with zero attached hydrogens (tertiary/aromatic N) is 1. The summed E-state index contributed by atoms with van der Waals surface area (Å²) in [6.07, 6.45) is 2.16. The Bertz CT molecular complexity index is 779. The van der Waals surface area contributed by atoms with E-state index in [0.717, 1.165) is 12.8 Å². The van der Waals surface area contributed by atoms with Crippen LogP contribution >= 0.6 is 0 Å². The smallest absolute Gasteiger partial charge is 0.339 e. The van der Waals surface area contributed by atoms with Crippen molar-refractivity contribution < 1.29 is 23.5 Å². The summed E-state index contributed by atoms with van der Waals surface area (Å²) in [5.74, 6) is -1.52. The molecule has 3 rings (SSSR count). The van der Waals surface area contributed by atoms with Crippen molar-refractivity contribution in [2.24, 2.45) is 0 Å². The number of hydrogen-bond acceptors (Lipinski definition) is 3. The molecular weight excluding hydrogens is 313 g/mol. The zero-order valence-corrected chi connectivity index (χ0v) is 13.3. The van der Waals surface area contributed by atoms with Crippen LogP contribution in [0.15, 0.2) is 34.7 Å². The first-order chi connectivity index (χ1) is 11.5. The van der Waals surface area contributed by atoms with Crippen molar-refractivity contribution in [1.82, 2.24) is 4.90 Å². The summed E-state index contributed by atoms with van der Waals surface area (Å²) in [5, 5.41) is 9.19. The number of hydrogen-bond donors (Lipinski definition) is 1. The lowest BCUT2D eigenvalue weighted by atomic mass is 10.2. The second kappa shape index (κ2) is 6.47. The van der Waals surface area contributed by atoms with Gasteiger partial charge in [0.1, 0.15) is 17.1 Å². The monoisotopic (exact) mass is 331 g/mol. The molecule has 1 aromatic heterocycles. The molecular formula is C18H18FNO4. The van der Waals surface area contributed by atoms with Gasteiger partial charge in [-0.05, 0) is 30.5 Å². The summed E-state index contributed by atoms with van der Waals surface area (Å²) in [6, 6.07) is 7.48. The largest absolute Gasteiger partial charge is 0.478 e. The van der Waals surface area contributed by atoms with Gasteiger partial charge in [0.25, 0.3) is 5.91 Å². The number of aromatic carboxylic acids is 1. The summed E-state index contributed by atoms with van der Waals surface area (Å²) in [5.41, 5.74) is 0.707. The summed E-state index contributed by atoms with van der Waals surface area (Å²) in [6.45, 7) is 2.04. The number of carbonyl (C=O) groups excluding carboxylic acids is 1. The van der Waals surface area contributed by atoms with Crippen LogP contribution in [0.2, 0.25) is 0 Å². The third-order valence-corrected chi connectivity index (χ3v) is 4.06. The normalized spacial score (nSPS) is 13.8. The maximum atomic E-state index is 13.4. The fraction of sp³-hybridized carbons (Fsp3) is 0.333. The van der Waals surface area contributed by atoms with Gasteiger partial charge >= 0.3 is 5.97 Å². The Kier molecular flexibility index (Phi) is 4.38. The molecule has 0 atom stereocenters. The van der Waals surface area contributed by atoms with Gasteiger partial charge in [-0.25, -0.2) is 9.18 Å². The highest BCUT2D eigenvalue weighted by molar-refractivity contribution is 5.96. The Balaban J connectivity index is 1.86. The van der Waals surface area contributed by atoms with Crippen LogP contribution in [-0.2, 0) is 13.0 Å². The predicted molar refractivity (Wildman–Crippen MR) is 84.3 cm³/mol. The minimum Gasteiger partial charge on any atom is -0.478 e. The Hall–Kier alpha value is -2.63. The highest BCUT2D eigenvalue weighted by Gasteiger charge is 2.35. The maximum Gasteiger partial charge on any atom is 0.339 e. The molecule has 1 aliphatic carbocycles. The average Bonchev–Trinajstić information content (AvgIpc) is 3.29. The topological polar surface area (TPSA) is 70.8 Å². The van der Waals surface area contributed by atoms with Crippen LogP contribution in [0.1, 0.15) is 52.0 Å². The molecule has 0 aliphatic heterocycles. The van der Waals surface area contributed by atoms with Gasteiger partial charge in [-0.15, -0.1) is 0 Å². The summed E-state index contributed by atoms with van der Waals surface area (Å²) < 4.78 is 18.8. The van der Waals surface area contributed by atoms with E-state index in [9.17, 15) is 19.1 Å². The van der Waals surface area contributed by atoms with Crippen LogP contribution in [0.3, 0.4) is 0 Å². The molecule has 1 heterocycles. The average molecular weight is 331 g/mol. The Morgan fingerprint density at radius 2 is 2.08 bits per heavy atom. The van der Waals surface area contributed by atoms with E-state index in [1.165, 1.54) is 18.2 Å². The second-order valence-corrected chi connectivity index (χ2v) is 5.90. The van der Waals surface area contributed by atoms with Crippen molar-refractivity contribution in [1.29, 1.82) is 0 Å². The third kappa shape index (κ3) is 3.32.